The average Bonchev–Trinajstić information content (AvgIpc) is 3.34. The number of carbonyl (C=O) groups excluding carboxylic acids is 2. The summed E-state index contributed by atoms with van der Waals surface area (Å²) in [5.41, 5.74) is 0.706. The van der Waals surface area contributed by atoms with E-state index in [1.807, 2.05) is 6.07 Å². The van der Waals surface area contributed by atoms with Crippen molar-refractivity contribution in [2.45, 2.75) is 71.1 Å². The molecule has 0 bridgehead atoms. The number of likely N-dealkylation sites (tertiary alicyclic amines) is 1. The van der Waals surface area contributed by atoms with E-state index in [1.165, 1.54) is 11.1 Å². The first-order valence-electron chi connectivity index (χ1n) is 14.8. The predicted molar refractivity (Wildman–Crippen MR) is 171 cm³/mol. The van der Waals surface area contributed by atoms with E-state index < -0.39 is 23.2 Å². The number of carbonyl (C=O) groups is 2. The van der Waals surface area contributed by atoms with Crippen LogP contribution in [0.15, 0.2) is 42.6 Å². The van der Waals surface area contributed by atoms with Crippen molar-refractivity contribution in [3.63, 3.8) is 0 Å². The summed E-state index contributed by atoms with van der Waals surface area (Å²) in [5, 5.41) is 22.6. The van der Waals surface area contributed by atoms with Crippen molar-refractivity contribution in [1.29, 1.82) is 10.5 Å². The Balaban J connectivity index is 1.61. The second kappa shape index (κ2) is 13.7. The molecule has 3 aromatic rings. The quantitative estimate of drug-likeness (QED) is 0.370. The van der Waals surface area contributed by atoms with Crippen LogP contribution >= 0.6 is 0 Å². The first-order chi connectivity index (χ1) is 21.3. The van der Waals surface area contributed by atoms with Crippen LogP contribution in [0.3, 0.4) is 0 Å². The molecule has 2 amide bonds. The number of anilines is 1. The number of aromatic nitrogens is 2. The summed E-state index contributed by atoms with van der Waals surface area (Å²) in [6.45, 7) is 10.7. The third-order valence-corrected chi connectivity index (χ3v) is 7.42. The van der Waals surface area contributed by atoms with Gasteiger partial charge < -0.3 is 24.3 Å². The number of nitrogens with one attached hydrogen (secondary N) is 1. The maximum absolute atomic E-state index is 13.2. The molecule has 45 heavy (non-hydrogen) atoms. The molecule has 1 saturated heterocycles. The van der Waals surface area contributed by atoms with Crippen molar-refractivity contribution in [2.24, 2.45) is 0 Å². The average molecular weight is 610 g/mol. The van der Waals surface area contributed by atoms with E-state index in [4.69, 9.17) is 9.47 Å². The molecule has 1 aliphatic rings. The summed E-state index contributed by atoms with van der Waals surface area (Å²) in [6, 6.07) is 14.9. The fraction of sp³-hybridized carbons (Fsp3) is 0.441. The van der Waals surface area contributed by atoms with Crippen molar-refractivity contribution in [1.82, 2.24) is 19.8 Å². The number of hydrogen-bond donors (Lipinski definition) is 1. The number of rotatable bonds is 6. The zero-order valence-corrected chi connectivity index (χ0v) is 26.7. The highest BCUT2D eigenvalue weighted by atomic mass is 16.6. The molecule has 1 aliphatic heterocycles. The normalized spacial score (nSPS) is 14.0. The summed E-state index contributed by atoms with van der Waals surface area (Å²) < 4.78 is 13.1. The lowest BCUT2D eigenvalue weighted by molar-refractivity contribution is 0.0585. The molecule has 2 aromatic heterocycles. The van der Waals surface area contributed by atoms with E-state index >= 15 is 0 Å². The summed E-state index contributed by atoms with van der Waals surface area (Å²) >= 11 is 0. The highest BCUT2D eigenvalue weighted by Gasteiger charge is 2.26. The molecule has 0 radical (unpaired) electrons. The Morgan fingerprint density at radius 3 is 2.47 bits per heavy atom. The molecule has 11 heteroatoms. The van der Waals surface area contributed by atoms with Crippen LogP contribution in [0.1, 0.15) is 58.8 Å². The highest BCUT2D eigenvalue weighted by Crippen LogP contribution is 2.29. The van der Waals surface area contributed by atoms with Crippen LogP contribution in [-0.2, 0) is 16.7 Å². The predicted octanol–water partition coefficient (Wildman–Crippen LogP) is 5.34. The zero-order valence-electron chi connectivity index (χ0n) is 26.7. The first-order valence-corrected chi connectivity index (χ1v) is 14.8. The van der Waals surface area contributed by atoms with E-state index in [-0.39, 0.29) is 19.1 Å². The molecule has 0 unspecified atom stereocenters. The van der Waals surface area contributed by atoms with Gasteiger partial charge in [-0.25, -0.2) is 9.59 Å². The van der Waals surface area contributed by atoms with Crippen molar-refractivity contribution in [3.05, 3.63) is 54.0 Å². The van der Waals surface area contributed by atoms with E-state index in [2.05, 4.69) is 46.2 Å². The van der Waals surface area contributed by atoms with Gasteiger partial charge in [-0.3, -0.25) is 9.88 Å². The summed E-state index contributed by atoms with van der Waals surface area (Å²) in [7, 11) is 2.06. The molecule has 1 fully saturated rings. The molecular weight excluding hydrogens is 570 g/mol. The lowest BCUT2D eigenvalue weighted by Gasteiger charge is -2.29. The molecule has 234 valence electrons. The smallest absolute Gasteiger partial charge is 0.415 e. The van der Waals surface area contributed by atoms with Crippen molar-refractivity contribution in [2.75, 3.05) is 31.6 Å². The number of benzene rings is 1. The largest absolute Gasteiger partial charge is 0.443 e. The number of pyridine rings is 1. The summed E-state index contributed by atoms with van der Waals surface area (Å²) in [4.78, 5) is 34.0. The minimum absolute atomic E-state index is 0.0224. The Morgan fingerprint density at radius 1 is 1.11 bits per heavy atom. The van der Waals surface area contributed by atoms with Crippen LogP contribution in [0, 0.1) is 34.5 Å². The number of piperidine rings is 1. The molecule has 0 aliphatic carbocycles. The van der Waals surface area contributed by atoms with Gasteiger partial charge >= 0.3 is 12.2 Å². The van der Waals surface area contributed by atoms with Gasteiger partial charge in [0, 0.05) is 11.4 Å². The van der Waals surface area contributed by atoms with E-state index in [0.29, 0.717) is 33.7 Å². The van der Waals surface area contributed by atoms with Gasteiger partial charge in [-0.2, -0.15) is 10.5 Å². The summed E-state index contributed by atoms with van der Waals surface area (Å²) in [6.07, 6.45) is 2.10. The number of hydrogen-bond acceptors (Lipinski definition) is 8. The molecule has 0 spiro atoms. The second-order valence-corrected chi connectivity index (χ2v) is 12.6. The molecule has 1 aromatic carbocycles. The molecular formula is C34H39N7O4. The van der Waals surface area contributed by atoms with Crippen molar-refractivity contribution < 1.29 is 19.1 Å². The Morgan fingerprint density at radius 2 is 1.84 bits per heavy atom. The number of fused-ring (bicyclic) bond motifs is 1. The van der Waals surface area contributed by atoms with Crippen LogP contribution in [0.2, 0.25) is 0 Å². The zero-order chi connectivity index (χ0) is 32.8. The molecule has 3 heterocycles. The molecule has 11 nitrogen and oxygen atoms in total. The molecule has 0 saturated carbocycles. The SMILES string of the molecule is CN1CCC(NC(=O)Oc2cccc3c2cc(C#CCN(C(=O)OC(C)(C)C)c2ccc(C(C)(C)C#N)nc2)n3CC#N)CC1. The number of ether oxygens (including phenoxy) is 2. The number of nitrogens with zero attached hydrogens (tertiary/aromatic N) is 6. The Labute approximate surface area is 264 Å². The minimum Gasteiger partial charge on any atom is -0.443 e. The monoisotopic (exact) mass is 609 g/mol. The third kappa shape index (κ3) is 8.32. The topological polar surface area (TPSA) is 137 Å². The van der Waals surface area contributed by atoms with Gasteiger partial charge in [-0.05, 0) is 104 Å². The second-order valence-electron chi connectivity index (χ2n) is 12.6. The lowest BCUT2D eigenvalue weighted by atomic mass is 9.91. The maximum Gasteiger partial charge on any atom is 0.415 e. The summed E-state index contributed by atoms with van der Waals surface area (Å²) in [5.74, 6) is 6.49. The van der Waals surface area contributed by atoms with Crippen LogP contribution in [-0.4, -0.2) is 65.0 Å². The van der Waals surface area contributed by atoms with Crippen LogP contribution in [0.4, 0.5) is 15.3 Å². The Kier molecular flexibility index (Phi) is 10.0. The highest BCUT2D eigenvalue weighted by molar-refractivity contribution is 5.91. The van der Waals surface area contributed by atoms with Gasteiger partial charge in [-0.1, -0.05) is 12.0 Å². The van der Waals surface area contributed by atoms with E-state index in [9.17, 15) is 20.1 Å². The number of nitriles is 2. The lowest BCUT2D eigenvalue weighted by Crippen LogP contribution is -2.44. The Bertz CT molecular complexity index is 1690. The van der Waals surface area contributed by atoms with Gasteiger partial charge in [0.1, 0.15) is 17.9 Å². The molecule has 4 rings (SSSR count). The standard InChI is InChI=1S/C34H39N7O4/c1-33(2,3)45-32(43)41(26-12-13-30(37-22-26)34(4,5)23-36)17-8-9-25-21-27-28(40(25)20-16-35)10-7-11-29(27)44-31(42)38-24-14-18-39(6)19-15-24/h7,10-13,21-22,24H,14-15,17-20H2,1-6H3,(H,38,42). The van der Waals surface area contributed by atoms with Crippen molar-refractivity contribution >= 4 is 28.8 Å². The minimum atomic E-state index is -0.792. The van der Waals surface area contributed by atoms with Crippen molar-refractivity contribution in [3.8, 4) is 29.7 Å². The third-order valence-electron chi connectivity index (χ3n) is 7.42. The van der Waals surface area contributed by atoms with E-state index in [0.717, 1.165) is 25.9 Å². The Hall–Kier alpha value is -5.05. The van der Waals surface area contributed by atoms with Gasteiger partial charge in [0.2, 0.25) is 0 Å². The van der Waals surface area contributed by atoms with E-state index in [1.54, 1.807) is 69.5 Å². The molecule has 0 atom stereocenters. The van der Waals surface area contributed by atoms with Gasteiger partial charge in [0.05, 0.1) is 52.9 Å². The number of amides is 2. The van der Waals surface area contributed by atoms with Gasteiger partial charge in [0.15, 0.2) is 0 Å². The van der Waals surface area contributed by atoms with Gasteiger partial charge in [0.25, 0.3) is 0 Å². The van der Waals surface area contributed by atoms with Gasteiger partial charge in [-0.15, -0.1) is 0 Å². The molecule has 1 N–H and O–H groups in total. The first kappa shape index (κ1) is 32.9. The maximum atomic E-state index is 13.2. The van der Waals surface area contributed by atoms with Crippen LogP contribution in [0.5, 0.6) is 5.75 Å². The fourth-order valence-corrected chi connectivity index (χ4v) is 4.90. The van der Waals surface area contributed by atoms with Crippen LogP contribution in [0.25, 0.3) is 10.9 Å². The fourth-order valence-electron chi connectivity index (χ4n) is 4.90. The van der Waals surface area contributed by atoms with Crippen LogP contribution < -0.4 is 15.0 Å².